The van der Waals surface area contributed by atoms with Gasteiger partial charge in [0.1, 0.15) is 0 Å². The fourth-order valence-corrected chi connectivity index (χ4v) is 1.14. The zero-order chi connectivity index (χ0) is 9.19. The molecule has 5 nitrogen and oxygen atoms in total. The van der Waals surface area contributed by atoms with Crippen molar-refractivity contribution in [2.45, 2.75) is 18.9 Å². The summed E-state index contributed by atoms with van der Waals surface area (Å²) in [6.45, 7) is 1.23. The zero-order valence-corrected chi connectivity index (χ0v) is 7.21. The predicted molar refractivity (Wildman–Crippen MR) is 41.9 cm³/mol. The van der Waals surface area contributed by atoms with Crippen LogP contribution in [0.15, 0.2) is 5.38 Å². The van der Waals surface area contributed by atoms with Crippen LogP contribution in [0.2, 0.25) is 0 Å². The Hall–Kier alpha value is -1.01. The third-order valence-corrected chi connectivity index (χ3v) is 1.94. The third kappa shape index (κ3) is 1.99. The molecule has 1 rings (SSSR count). The second kappa shape index (κ2) is 3.16. The van der Waals surface area contributed by atoms with Gasteiger partial charge in [0.2, 0.25) is 0 Å². The second-order valence-electron chi connectivity index (χ2n) is 2.65. The average molecular weight is 188 g/mol. The van der Waals surface area contributed by atoms with Crippen LogP contribution < -0.4 is 0 Å². The van der Waals surface area contributed by atoms with Crippen LogP contribution in [0.1, 0.15) is 12.6 Å². The maximum Gasteiger partial charge on any atom is 0.335 e. The van der Waals surface area contributed by atoms with Crippen LogP contribution in [0.25, 0.3) is 0 Å². The maximum absolute atomic E-state index is 10.5. The van der Waals surface area contributed by atoms with Crippen LogP contribution >= 0.6 is 11.5 Å². The highest BCUT2D eigenvalue weighted by molar-refractivity contribution is 7.03. The van der Waals surface area contributed by atoms with Gasteiger partial charge in [-0.05, 0) is 18.5 Å². The number of aromatic nitrogens is 2. The number of nitrogens with zero attached hydrogens (tertiary/aromatic N) is 2. The Morgan fingerprint density at radius 2 is 2.50 bits per heavy atom. The molecule has 0 aliphatic heterocycles. The van der Waals surface area contributed by atoms with E-state index in [4.69, 9.17) is 5.11 Å². The average Bonchev–Trinajstić information content (AvgIpc) is 2.38. The Kier molecular flexibility index (Phi) is 2.39. The molecule has 6 heteroatoms. The van der Waals surface area contributed by atoms with Gasteiger partial charge in [0, 0.05) is 11.8 Å². The fourth-order valence-electron chi connectivity index (χ4n) is 0.689. The molecule has 0 bridgehead atoms. The summed E-state index contributed by atoms with van der Waals surface area (Å²) in [5, 5.41) is 23.1. The minimum atomic E-state index is -1.75. The van der Waals surface area contributed by atoms with Gasteiger partial charge in [-0.25, -0.2) is 4.79 Å². The number of carboxylic acids is 1. The summed E-state index contributed by atoms with van der Waals surface area (Å²) in [5.41, 5.74) is -1.26. The molecular weight excluding hydrogens is 180 g/mol. The summed E-state index contributed by atoms with van der Waals surface area (Å²) in [6, 6.07) is 0. The third-order valence-electron chi connectivity index (χ3n) is 1.39. The predicted octanol–water partition coefficient (Wildman–Crippen LogP) is -0.0838. The van der Waals surface area contributed by atoms with Crippen LogP contribution in [-0.4, -0.2) is 31.4 Å². The molecule has 0 aromatic carbocycles. The molecule has 66 valence electrons. The van der Waals surface area contributed by atoms with Crippen molar-refractivity contribution in [1.82, 2.24) is 9.59 Å². The van der Waals surface area contributed by atoms with E-state index in [-0.39, 0.29) is 6.42 Å². The first-order chi connectivity index (χ1) is 5.52. The van der Waals surface area contributed by atoms with Gasteiger partial charge < -0.3 is 10.2 Å². The monoisotopic (exact) mass is 188 g/mol. The van der Waals surface area contributed by atoms with E-state index >= 15 is 0 Å². The molecule has 0 radical (unpaired) electrons. The van der Waals surface area contributed by atoms with E-state index in [9.17, 15) is 9.90 Å². The van der Waals surface area contributed by atoms with E-state index in [2.05, 4.69) is 9.59 Å². The Bertz CT molecular complexity index is 270. The molecule has 0 saturated carbocycles. The van der Waals surface area contributed by atoms with Gasteiger partial charge >= 0.3 is 5.97 Å². The summed E-state index contributed by atoms with van der Waals surface area (Å²) in [5.74, 6) is -1.25. The van der Waals surface area contributed by atoms with Crippen LogP contribution in [-0.2, 0) is 11.2 Å². The number of hydrogen-bond acceptors (Lipinski definition) is 5. The number of hydrogen-bond donors (Lipinski definition) is 2. The minimum absolute atomic E-state index is 0.0150. The second-order valence-corrected chi connectivity index (χ2v) is 3.26. The molecule has 1 atom stereocenters. The van der Waals surface area contributed by atoms with Crippen LogP contribution in [0.3, 0.4) is 0 Å². The topological polar surface area (TPSA) is 83.3 Å². The molecule has 0 aliphatic carbocycles. The first-order valence-electron chi connectivity index (χ1n) is 3.24. The number of carbonyl (C=O) groups is 1. The molecular formula is C6H8N2O3S. The standard InChI is InChI=1S/C6H8N2O3S/c1-6(11,5(9)10)2-4-3-12-8-7-4/h3,11H,2H2,1H3,(H,9,10). The summed E-state index contributed by atoms with van der Waals surface area (Å²) in [7, 11) is 0. The molecule has 0 aliphatic rings. The number of aliphatic carboxylic acids is 1. The summed E-state index contributed by atoms with van der Waals surface area (Å²) in [4.78, 5) is 10.5. The van der Waals surface area contributed by atoms with Crippen LogP contribution in [0, 0.1) is 0 Å². The maximum atomic E-state index is 10.5. The van der Waals surface area contributed by atoms with Gasteiger partial charge in [-0.2, -0.15) is 0 Å². The van der Waals surface area contributed by atoms with Crippen molar-refractivity contribution >= 4 is 17.5 Å². The van der Waals surface area contributed by atoms with Crippen molar-refractivity contribution in [3.05, 3.63) is 11.1 Å². The van der Waals surface area contributed by atoms with E-state index in [0.29, 0.717) is 5.69 Å². The van der Waals surface area contributed by atoms with E-state index in [1.54, 1.807) is 5.38 Å². The quantitative estimate of drug-likeness (QED) is 0.693. The van der Waals surface area contributed by atoms with Crippen molar-refractivity contribution in [1.29, 1.82) is 0 Å². The van der Waals surface area contributed by atoms with Gasteiger partial charge in [-0.3, -0.25) is 0 Å². The van der Waals surface area contributed by atoms with E-state index in [1.807, 2.05) is 0 Å². The van der Waals surface area contributed by atoms with Crippen LogP contribution in [0.4, 0.5) is 0 Å². The lowest BCUT2D eigenvalue weighted by Gasteiger charge is -2.15. The Morgan fingerprint density at radius 3 is 2.92 bits per heavy atom. The molecule has 0 amide bonds. The van der Waals surface area contributed by atoms with Gasteiger partial charge in [-0.15, -0.1) is 5.10 Å². The molecule has 1 heterocycles. The fraction of sp³-hybridized carbons (Fsp3) is 0.500. The molecule has 0 saturated heterocycles. The highest BCUT2D eigenvalue weighted by Gasteiger charge is 2.30. The van der Waals surface area contributed by atoms with Crippen LogP contribution in [0.5, 0.6) is 0 Å². The van der Waals surface area contributed by atoms with Gasteiger partial charge in [0.05, 0.1) is 5.69 Å². The van der Waals surface area contributed by atoms with Gasteiger partial charge in [0.25, 0.3) is 0 Å². The summed E-state index contributed by atoms with van der Waals surface area (Å²) in [6.07, 6.45) is -0.0150. The zero-order valence-electron chi connectivity index (χ0n) is 6.39. The molecule has 1 aromatic rings. The smallest absolute Gasteiger partial charge is 0.335 e. The lowest BCUT2D eigenvalue weighted by molar-refractivity contribution is -0.156. The van der Waals surface area contributed by atoms with Gasteiger partial charge in [0.15, 0.2) is 5.60 Å². The Balaban J connectivity index is 2.69. The van der Waals surface area contributed by atoms with E-state index in [1.165, 1.54) is 6.92 Å². The molecule has 1 aromatic heterocycles. The molecule has 0 fully saturated rings. The first-order valence-corrected chi connectivity index (χ1v) is 4.08. The van der Waals surface area contributed by atoms with Crippen molar-refractivity contribution in [3.8, 4) is 0 Å². The lowest BCUT2D eigenvalue weighted by atomic mass is 10.0. The highest BCUT2D eigenvalue weighted by atomic mass is 32.1. The normalized spacial score (nSPS) is 15.5. The number of rotatable bonds is 3. The van der Waals surface area contributed by atoms with Crippen molar-refractivity contribution in [3.63, 3.8) is 0 Å². The lowest BCUT2D eigenvalue weighted by Crippen LogP contribution is -2.37. The SMILES string of the molecule is CC(O)(Cc1csnn1)C(=O)O. The minimum Gasteiger partial charge on any atom is -0.479 e. The highest BCUT2D eigenvalue weighted by Crippen LogP contribution is 2.11. The van der Waals surface area contributed by atoms with Gasteiger partial charge in [-0.1, -0.05) is 4.49 Å². The number of aliphatic hydroxyl groups is 1. The largest absolute Gasteiger partial charge is 0.479 e. The summed E-state index contributed by atoms with van der Waals surface area (Å²) < 4.78 is 3.55. The van der Waals surface area contributed by atoms with Crippen molar-refractivity contribution in [2.75, 3.05) is 0 Å². The first kappa shape index (κ1) is 9.08. The van der Waals surface area contributed by atoms with Crippen molar-refractivity contribution in [2.24, 2.45) is 0 Å². The molecule has 1 unspecified atom stereocenters. The van der Waals surface area contributed by atoms with Crippen molar-refractivity contribution < 1.29 is 15.0 Å². The van der Waals surface area contributed by atoms with E-state index < -0.39 is 11.6 Å². The van der Waals surface area contributed by atoms with E-state index in [0.717, 1.165) is 11.5 Å². The summed E-state index contributed by atoms with van der Waals surface area (Å²) >= 11 is 1.13. The number of carboxylic acid groups (broad SMARTS) is 1. The molecule has 2 N–H and O–H groups in total. The Morgan fingerprint density at radius 1 is 1.83 bits per heavy atom. The Labute approximate surface area is 72.8 Å². The molecule has 0 spiro atoms. The molecule has 12 heavy (non-hydrogen) atoms.